The van der Waals surface area contributed by atoms with Gasteiger partial charge in [-0.1, -0.05) is 18.2 Å². The summed E-state index contributed by atoms with van der Waals surface area (Å²) in [6, 6.07) is 14.2. The SMILES string of the molecule is O=C(CCn1cnc2ccccc21)Nc1ccc2c(c1)CCC2. The van der Waals surface area contributed by atoms with E-state index in [0.717, 1.165) is 29.6 Å². The minimum Gasteiger partial charge on any atom is -0.330 e. The Kier molecular flexibility index (Phi) is 3.58. The van der Waals surface area contributed by atoms with Gasteiger partial charge in [-0.05, 0) is 54.7 Å². The molecule has 0 radical (unpaired) electrons. The number of amides is 1. The first-order valence-corrected chi connectivity index (χ1v) is 8.11. The lowest BCUT2D eigenvalue weighted by Gasteiger charge is -2.08. The lowest BCUT2D eigenvalue weighted by Crippen LogP contribution is -2.14. The first-order valence-electron chi connectivity index (χ1n) is 8.11. The third-order valence-electron chi connectivity index (χ3n) is 4.49. The summed E-state index contributed by atoms with van der Waals surface area (Å²) in [6.45, 7) is 0.636. The molecular weight excluding hydrogens is 286 g/mol. The van der Waals surface area contributed by atoms with Gasteiger partial charge in [0, 0.05) is 18.7 Å². The molecule has 0 saturated carbocycles. The fraction of sp³-hybridized carbons (Fsp3) is 0.263. The van der Waals surface area contributed by atoms with Gasteiger partial charge in [-0.25, -0.2) is 4.98 Å². The smallest absolute Gasteiger partial charge is 0.226 e. The predicted molar refractivity (Wildman–Crippen MR) is 91.4 cm³/mol. The zero-order valence-electron chi connectivity index (χ0n) is 13.0. The molecule has 0 unspecified atom stereocenters. The molecule has 4 heteroatoms. The van der Waals surface area contributed by atoms with Crippen LogP contribution in [0.5, 0.6) is 0 Å². The molecule has 0 saturated heterocycles. The van der Waals surface area contributed by atoms with Gasteiger partial charge in [0.2, 0.25) is 5.91 Å². The van der Waals surface area contributed by atoms with Crippen molar-refractivity contribution in [2.75, 3.05) is 5.32 Å². The zero-order chi connectivity index (χ0) is 15.6. The van der Waals surface area contributed by atoms with Crippen LogP contribution in [0.15, 0.2) is 48.8 Å². The number of para-hydroxylation sites is 2. The number of nitrogens with zero attached hydrogens (tertiary/aromatic N) is 2. The van der Waals surface area contributed by atoms with Gasteiger partial charge in [0.25, 0.3) is 0 Å². The van der Waals surface area contributed by atoms with Crippen molar-refractivity contribution in [3.63, 3.8) is 0 Å². The van der Waals surface area contributed by atoms with Crippen LogP contribution >= 0.6 is 0 Å². The highest BCUT2D eigenvalue weighted by Crippen LogP contribution is 2.25. The van der Waals surface area contributed by atoms with Gasteiger partial charge in [0.1, 0.15) is 0 Å². The molecule has 2 aromatic carbocycles. The summed E-state index contributed by atoms with van der Waals surface area (Å²) in [7, 11) is 0. The van der Waals surface area contributed by atoms with Crippen LogP contribution in [0, 0.1) is 0 Å². The number of benzene rings is 2. The standard InChI is InChI=1S/C19H19N3O/c23-19(21-16-9-8-14-4-3-5-15(14)12-16)10-11-22-13-20-17-6-1-2-7-18(17)22/h1-2,6-9,12-13H,3-5,10-11H2,(H,21,23). The number of aryl methyl sites for hydroxylation is 3. The van der Waals surface area contributed by atoms with E-state index < -0.39 is 0 Å². The summed E-state index contributed by atoms with van der Waals surface area (Å²) in [5, 5.41) is 3.01. The summed E-state index contributed by atoms with van der Waals surface area (Å²) in [4.78, 5) is 16.6. The molecule has 23 heavy (non-hydrogen) atoms. The van der Waals surface area contributed by atoms with Gasteiger partial charge < -0.3 is 9.88 Å². The van der Waals surface area contributed by atoms with E-state index in [0.29, 0.717) is 13.0 Å². The minimum absolute atomic E-state index is 0.0423. The highest BCUT2D eigenvalue weighted by molar-refractivity contribution is 5.91. The first-order chi connectivity index (χ1) is 11.3. The molecule has 4 rings (SSSR count). The van der Waals surface area contributed by atoms with Crippen LogP contribution in [0.25, 0.3) is 11.0 Å². The number of hydrogen-bond acceptors (Lipinski definition) is 2. The van der Waals surface area contributed by atoms with Gasteiger partial charge in [0.15, 0.2) is 0 Å². The van der Waals surface area contributed by atoms with Crippen molar-refractivity contribution in [3.8, 4) is 0 Å². The van der Waals surface area contributed by atoms with Crippen molar-refractivity contribution in [3.05, 3.63) is 59.9 Å². The van der Waals surface area contributed by atoms with Crippen molar-refractivity contribution in [1.82, 2.24) is 9.55 Å². The predicted octanol–water partition coefficient (Wildman–Crippen LogP) is 3.55. The van der Waals surface area contributed by atoms with Crippen LogP contribution in [0.2, 0.25) is 0 Å². The Bertz CT molecular complexity index is 866. The lowest BCUT2D eigenvalue weighted by atomic mass is 10.1. The van der Waals surface area contributed by atoms with Crippen molar-refractivity contribution >= 4 is 22.6 Å². The van der Waals surface area contributed by atoms with Crippen LogP contribution < -0.4 is 5.32 Å². The van der Waals surface area contributed by atoms with Crippen molar-refractivity contribution in [2.45, 2.75) is 32.2 Å². The molecule has 1 heterocycles. The summed E-state index contributed by atoms with van der Waals surface area (Å²) in [5.74, 6) is 0.0423. The number of hydrogen-bond donors (Lipinski definition) is 1. The second-order valence-corrected chi connectivity index (χ2v) is 6.06. The molecule has 116 valence electrons. The third kappa shape index (κ3) is 2.84. The molecule has 3 aromatic rings. The number of aromatic nitrogens is 2. The maximum Gasteiger partial charge on any atom is 0.226 e. The van der Waals surface area contributed by atoms with Gasteiger partial charge in [-0.3, -0.25) is 4.79 Å². The zero-order valence-corrected chi connectivity index (χ0v) is 13.0. The van der Waals surface area contributed by atoms with Gasteiger partial charge in [-0.15, -0.1) is 0 Å². The number of fused-ring (bicyclic) bond motifs is 2. The molecule has 1 aliphatic rings. The van der Waals surface area contributed by atoms with Crippen LogP contribution in [0.1, 0.15) is 24.0 Å². The van der Waals surface area contributed by atoms with E-state index in [1.165, 1.54) is 17.5 Å². The molecule has 1 amide bonds. The molecule has 0 aliphatic heterocycles. The molecular formula is C19H19N3O. The number of carbonyl (C=O) groups is 1. The monoisotopic (exact) mass is 305 g/mol. The maximum absolute atomic E-state index is 12.2. The first kappa shape index (κ1) is 14.0. The average molecular weight is 305 g/mol. The van der Waals surface area contributed by atoms with Gasteiger partial charge in [0.05, 0.1) is 17.4 Å². The van der Waals surface area contributed by atoms with Crippen LogP contribution in [-0.4, -0.2) is 15.5 Å². The van der Waals surface area contributed by atoms with E-state index in [4.69, 9.17) is 0 Å². The van der Waals surface area contributed by atoms with E-state index >= 15 is 0 Å². The fourth-order valence-corrected chi connectivity index (χ4v) is 3.28. The Morgan fingerprint density at radius 2 is 2.00 bits per heavy atom. The van der Waals surface area contributed by atoms with Crippen molar-refractivity contribution < 1.29 is 4.79 Å². The second kappa shape index (κ2) is 5.88. The summed E-state index contributed by atoms with van der Waals surface area (Å²) in [6.07, 6.45) is 5.75. The number of anilines is 1. The van der Waals surface area contributed by atoms with Crippen LogP contribution in [0.3, 0.4) is 0 Å². The largest absolute Gasteiger partial charge is 0.330 e. The number of rotatable bonds is 4. The fourth-order valence-electron chi connectivity index (χ4n) is 3.28. The Hall–Kier alpha value is -2.62. The quantitative estimate of drug-likeness (QED) is 0.801. The lowest BCUT2D eigenvalue weighted by molar-refractivity contribution is -0.116. The topological polar surface area (TPSA) is 46.9 Å². The Balaban J connectivity index is 1.40. The van der Waals surface area contributed by atoms with E-state index in [1.807, 2.05) is 34.9 Å². The number of imidazole rings is 1. The highest BCUT2D eigenvalue weighted by atomic mass is 16.1. The van der Waals surface area contributed by atoms with Crippen LogP contribution in [0.4, 0.5) is 5.69 Å². The molecule has 1 aromatic heterocycles. The van der Waals surface area contributed by atoms with Gasteiger partial charge in [-0.2, -0.15) is 0 Å². The van der Waals surface area contributed by atoms with E-state index in [2.05, 4.69) is 22.4 Å². The molecule has 1 aliphatic carbocycles. The third-order valence-corrected chi connectivity index (χ3v) is 4.49. The second-order valence-electron chi connectivity index (χ2n) is 6.06. The number of nitrogens with one attached hydrogen (secondary N) is 1. The van der Waals surface area contributed by atoms with Crippen molar-refractivity contribution in [2.24, 2.45) is 0 Å². The van der Waals surface area contributed by atoms with E-state index in [-0.39, 0.29) is 5.91 Å². The van der Waals surface area contributed by atoms with Gasteiger partial charge >= 0.3 is 0 Å². The molecule has 1 N–H and O–H groups in total. The maximum atomic E-state index is 12.2. The van der Waals surface area contributed by atoms with E-state index in [9.17, 15) is 4.79 Å². The Morgan fingerprint density at radius 3 is 2.96 bits per heavy atom. The highest BCUT2D eigenvalue weighted by Gasteiger charge is 2.12. The molecule has 4 nitrogen and oxygen atoms in total. The Morgan fingerprint density at radius 1 is 1.13 bits per heavy atom. The summed E-state index contributed by atoms with van der Waals surface area (Å²) in [5.41, 5.74) is 5.74. The summed E-state index contributed by atoms with van der Waals surface area (Å²) >= 11 is 0. The normalized spacial score (nSPS) is 13.2. The van der Waals surface area contributed by atoms with E-state index in [1.54, 1.807) is 6.33 Å². The molecule has 0 bridgehead atoms. The molecule has 0 spiro atoms. The average Bonchev–Trinajstić information content (AvgIpc) is 3.19. The Labute approximate surface area is 135 Å². The summed E-state index contributed by atoms with van der Waals surface area (Å²) < 4.78 is 2.03. The van der Waals surface area contributed by atoms with Crippen molar-refractivity contribution in [1.29, 1.82) is 0 Å². The molecule has 0 atom stereocenters. The minimum atomic E-state index is 0.0423. The number of carbonyl (C=O) groups excluding carboxylic acids is 1. The molecule has 0 fully saturated rings. The van der Waals surface area contributed by atoms with Crippen LogP contribution in [-0.2, 0) is 24.2 Å².